The normalized spacial score (nSPS) is 19.0. The zero-order chi connectivity index (χ0) is 16.7. The van der Waals surface area contributed by atoms with E-state index in [2.05, 4.69) is 20.1 Å². The number of fused-ring (bicyclic) bond motifs is 1. The predicted molar refractivity (Wildman–Crippen MR) is 86.3 cm³/mol. The van der Waals surface area contributed by atoms with Gasteiger partial charge >= 0.3 is 0 Å². The van der Waals surface area contributed by atoms with Crippen molar-refractivity contribution >= 4 is 23.1 Å². The molecule has 1 fully saturated rings. The van der Waals surface area contributed by atoms with Gasteiger partial charge in [0.15, 0.2) is 11.5 Å². The number of halogens is 1. The van der Waals surface area contributed by atoms with E-state index in [1.165, 1.54) is 0 Å². The Hall–Kier alpha value is -3.27. The zero-order valence-electron chi connectivity index (χ0n) is 12.5. The Morgan fingerprint density at radius 3 is 2.96 bits per heavy atom. The van der Waals surface area contributed by atoms with Gasteiger partial charge in [0.1, 0.15) is 11.8 Å². The highest BCUT2D eigenvalue weighted by Crippen LogP contribution is 2.34. The van der Waals surface area contributed by atoms with Crippen LogP contribution in [-0.4, -0.2) is 26.4 Å². The minimum atomic E-state index is -1.04. The molecule has 0 radical (unpaired) electrons. The van der Waals surface area contributed by atoms with Crippen LogP contribution >= 0.6 is 0 Å². The summed E-state index contributed by atoms with van der Waals surface area (Å²) in [5.41, 5.74) is 2.71. The monoisotopic (exact) mass is 321 g/mol. The van der Waals surface area contributed by atoms with Gasteiger partial charge in [0, 0.05) is 24.2 Å². The van der Waals surface area contributed by atoms with E-state index in [0.717, 1.165) is 11.1 Å². The van der Waals surface area contributed by atoms with E-state index in [4.69, 9.17) is 6.57 Å². The SMILES string of the molecule is [C-]#[N+]c1ccncc1-c1ccc2nc(NC(=O)[C@@H]3C[C@@H]3F)cn2c1. The molecule has 1 N–H and O–H groups in total. The molecule has 0 saturated heterocycles. The summed E-state index contributed by atoms with van der Waals surface area (Å²) >= 11 is 0. The molecule has 1 amide bonds. The Morgan fingerprint density at radius 2 is 2.21 bits per heavy atom. The van der Waals surface area contributed by atoms with Crippen LogP contribution in [-0.2, 0) is 4.79 Å². The molecule has 1 aliphatic rings. The van der Waals surface area contributed by atoms with Gasteiger partial charge < -0.3 is 9.72 Å². The number of carbonyl (C=O) groups is 1. The Morgan fingerprint density at radius 1 is 1.38 bits per heavy atom. The second-order valence-corrected chi connectivity index (χ2v) is 5.66. The second kappa shape index (κ2) is 5.42. The second-order valence-electron chi connectivity index (χ2n) is 5.66. The quantitative estimate of drug-likeness (QED) is 0.753. The fourth-order valence-electron chi connectivity index (χ4n) is 2.57. The van der Waals surface area contributed by atoms with Crippen molar-refractivity contribution in [3.8, 4) is 11.1 Å². The number of imidazole rings is 1. The van der Waals surface area contributed by atoms with E-state index >= 15 is 0 Å². The number of alkyl halides is 1. The lowest BCUT2D eigenvalue weighted by atomic mass is 10.1. The van der Waals surface area contributed by atoms with Crippen LogP contribution in [0.3, 0.4) is 0 Å². The lowest BCUT2D eigenvalue weighted by Gasteiger charge is -2.04. The Balaban J connectivity index is 1.66. The summed E-state index contributed by atoms with van der Waals surface area (Å²) < 4.78 is 14.7. The third-order valence-electron chi connectivity index (χ3n) is 3.98. The number of pyridine rings is 2. The van der Waals surface area contributed by atoms with E-state index in [0.29, 0.717) is 17.2 Å². The molecule has 0 bridgehead atoms. The summed E-state index contributed by atoms with van der Waals surface area (Å²) in [4.78, 5) is 23.7. The van der Waals surface area contributed by atoms with Gasteiger partial charge in [0.2, 0.25) is 5.91 Å². The first kappa shape index (κ1) is 14.3. The molecule has 0 unspecified atom stereocenters. The highest BCUT2D eigenvalue weighted by Gasteiger charge is 2.43. The van der Waals surface area contributed by atoms with Gasteiger partial charge in [-0.3, -0.25) is 9.78 Å². The molecule has 3 aromatic rings. The number of nitrogens with one attached hydrogen (secondary N) is 1. The molecule has 3 aromatic heterocycles. The van der Waals surface area contributed by atoms with Gasteiger partial charge in [-0.25, -0.2) is 14.2 Å². The lowest BCUT2D eigenvalue weighted by Crippen LogP contribution is -2.15. The molecule has 0 aliphatic heterocycles. The predicted octanol–water partition coefficient (Wildman–Crippen LogP) is 3.24. The number of rotatable bonds is 3. The molecule has 118 valence electrons. The van der Waals surface area contributed by atoms with Crippen LogP contribution in [0.1, 0.15) is 6.42 Å². The minimum absolute atomic E-state index is 0.282. The Kier molecular flexibility index (Phi) is 3.24. The lowest BCUT2D eigenvalue weighted by molar-refractivity contribution is -0.117. The van der Waals surface area contributed by atoms with Crippen molar-refractivity contribution < 1.29 is 9.18 Å². The van der Waals surface area contributed by atoms with Gasteiger partial charge in [-0.05, 0) is 24.1 Å². The molecule has 7 heteroatoms. The number of amides is 1. The maximum atomic E-state index is 12.9. The zero-order valence-corrected chi connectivity index (χ0v) is 12.5. The Labute approximate surface area is 136 Å². The summed E-state index contributed by atoms with van der Waals surface area (Å²) in [6.45, 7) is 7.24. The van der Waals surface area contributed by atoms with Crippen molar-refractivity contribution in [3.05, 3.63) is 54.4 Å². The van der Waals surface area contributed by atoms with Gasteiger partial charge in [-0.2, -0.15) is 0 Å². The smallest absolute Gasteiger partial charge is 0.231 e. The summed E-state index contributed by atoms with van der Waals surface area (Å²) in [6, 6.07) is 5.30. The highest BCUT2D eigenvalue weighted by molar-refractivity contribution is 5.94. The van der Waals surface area contributed by atoms with Gasteiger partial charge in [-0.15, -0.1) is 0 Å². The number of hydrogen-bond donors (Lipinski definition) is 1. The third-order valence-corrected chi connectivity index (χ3v) is 3.98. The van der Waals surface area contributed by atoms with E-state index in [1.54, 1.807) is 35.1 Å². The largest absolute Gasteiger partial charge is 0.309 e. The molecule has 2 atom stereocenters. The maximum Gasteiger partial charge on any atom is 0.231 e. The number of nitrogens with zero attached hydrogens (tertiary/aromatic N) is 4. The highest BCUT2D eigenvalue weighted by atomic mass is 19.1. The third kappa shape index (κ3) is 2.48. The van der Waals surface area contributed by atoms with Crippen molar-refractivity contribution in [2.75, 3.05) is 5.32 Å². The first-order valence-corrected chi connectivity index (χ1v) is 7.41. The molecule has 24 heavy (non-hydrogen) atoms. The summed E-state index contributed by atoms with van der Waals surface area (Å²) in [6.07, 6.45) is 5.95. The summed E-state index contributed by atoms with van der Waals surface area (Å²) in [5.74, 6) is -0.511. The van der Waals surface area contributed by atoms with Crippen LogP contribution in [0.5, 0.6) is 0 Å². The van der Waals surface area contributed by atoms with E-state index < -0.39 is 12.1 Å². The van der Waals surface area contributed by atoms with E-state index in [-0.39, 0.29) is 12.3 Å². The average Bonchev–Trinajstić information content (AvgIpc) is 3.20. The number of aromatic nitrogens is 3. The fourth-order valence-corrected chi connectivity index (χ4v) is 2.57. The van der Waals surface area contributed by atoms with Crippen LogP contribution in [0.25, 0.3) is 21.6 Å². The fraction of sp³-hybridized carbons (Fsp3) is 0.176. The molecule has 0 spiro atoms. The van der Waals surface area contributed by atoms with Crippen molar-refractivity contribution in [1.29, 1.82) is 0 Å². The van der Waals surface area contributed by atoms with E-state index in [1.807, 2.05) is 12.3 Å². The van der Waals surface area contributed by atoms with Crippen LogP contribution in [0.15, 0.2) is 43.0 Å². The molecule has 4 rings (SSSR count). The number of hydrogen-bond acceptors (Lipinski definition) is 3. The van der Waals surface area contributed by atoms with Crippen molar-refractivity contribution in [2.24, 2.45) is 5.92 Å². The van der Waals surface area contributed by atoms with Crippen LogP contribution in [0.4, 0.5) is 15.9 Å². The first-order chi connectivity index (χ1) is 11.7. The molecule has 3 heterocycles. The topological polar surface area (TPSA) is 63.7 Å². The van der Waals surface area contributed by atoms with Crippen molar-refractivity contribution in [2.45, 2.75) is 12.6 Å². The molecule has 0 aromatic carbocycles. The molecular formula is C17H12FN5O. The summed E-state index contributed by atoms with van der Waals surface area (Å²) in [5, 5.41) is 2.63. The maximum absolute atomic E-state index is 12.9. The summed E-state index contributed by atoms with van der Waals surface area (Å²) in [7, 11) is 0. The minimum Gasteiger partial charge on any atom is -0.309 e. The van der Waals surface area contributed by atoms with E-state index in [9.17, 15) is 9.18 Å². The Bertz CT molecular complexity index is 990. The van der Waals surface area contributed by atoms with Gasteiger partial charge in [0.25, 0.3) is 0 Å². The van der Waals surface area contributed by atoms with Gasteiger partial charge in [0.05, 0.1) is 18.7 Å². The van der Waals surface area contributed by atoms with Crippen LogP contribution < -0.4 is 5.32 Å². The molecule has 1 aliphatic carbocycles. The average molecular weight is 321 g/mol. The van der Waals surface area contributed by atoms with Crippen LogP contribution in [0, 0.1) is 12.5 Å². The standard InChI is InChI=1S/C17H12FN5O/c1-19-14-4-5-20-7-12(14)10-2-3-16-21-15(9-23(16)8-10)22-17(24)11-6-13(11)18/h2-5,7-9,11,13H,6H2,(H,22,24)/t11-,13+/m1/s1. The number of anilines is 1. The van der Waals surface area contributed by atoms with Crippen molar-refractivity contribution in [1.82, 2.24) is 14.4 Å². The van der Waals surface area contributed by atoms with Gasteiger partial charge in [-0.1, -0.05) is 6.07 Å². The molecule has 6 nitrogen and oxygen atoms in total. The number of carbonyl (C=O) groups excluding carboxylic acids is 1. The van der Waals surface area contributed by atoms with Crippen LogP contribution in [0.2, 0.25) is 0 Å². The van der Waals surface area contributed by atoms with Crippen molar-refractivity contribution in [3.63, 3.8) is 0 Å². The molecular weight excluding hydrogens is 309 g/mol. The molecule has 1 saturated carbocycles. The first-order valence-electron chi connectivity index (χ1n) is 7.41.